The average Bonchev–Trinajstić information content (AvgIpc) is 2.84. The van der Waals surface area contributed by atoms with E-state index < -0.39 is 5.91 Å². The lowest BCUT2D eigenvalue weighted by molar-refractivity contribution is -0.123. The van der Waals surface area contributed by atoms with Gasteiger partial charge in [-0.15, -0.1) is 0 Å². The van der Waals surface area contributed by atoms with E-state index in [0.717, 1.165) is 16.7 Å². The van der Waals surface area contributed by atoms with Crippen molar-refractivity contribution in [3.63, 3.8) is 0 Å². The third kappa shape index (κ3) is 3.82. The molecule has 0 spiro atoms. The van der Waals surface area contributed by atoms with Crippen LogP contribution in [0.25, 0.3) is 6.08 Å². The Morgan fingerprint density at radius 3 is 2.62 bits per heavy atom. The van der Waals surface area contributed by atoms with Crippen molar-refractivity contribution in [2.75, 3.05) is 7.11 Å². The smallest absolute Gasteiger partial charge is 0.293 e. The van der Waals surface area contributed by atoms with Crippen LogP contribution < -0.4 is 4.74 Å². The maximum absolute atomic E-state index is 12.6. The zero-order valence-electron chi connectivity index (χ0n) is 13.5. The number of hydrogen-bond acceptors (Lipinski definition) is 5. The molecule has 1 aliphatic heterocycles. The first-order valence-corrected chi connectivity index (χ1v) is 9.02. The summed E-state index contributed by atoms with van der Waals surface area (Å²) in [6.07, 6.45) is 1.55. The van der Waals surface area contributed by atoms with Gasteiger partial charge in [-0.1, -0.05) is 35.3 Å². The molecule has 26 heavy (non-hydrogen) atoms. The van der Waals surface area contributed by atoms with Gasteiger partial charge in [0, 0.05) is 10.0 Å². The second-order valence-electron chi connectivity index (χ2n) is 5.43. The van der Waals surface area contributed by atoms with Crippen molar-refractivity contribution in [1.29, 1.82) is 0 Å². The molecule has 5 nitrogen and oxygen atoms in total. The third-order valence-electron chi connectivity index (χ3n) is 3.72. The highest BCUT2D eigenvalue weighted by atomic mass is 35.5. The molecule has 2 aromatic carbocycles. The summed E-state index contributed by atoms with van der Waals surface area (Å²) < 4.78 is 4.98. The van der Waals surface area contributed by atoms with Gasteiger partial charge in [0.05, 0.1) is 18.6 Å². The van der Waals surface area contributed by atoms with Gasteiger partial charge in [-0.3, -0.25) is 14.5 Å². The number of amides is 2. The zero-order chi connectivity index (χ0) is 18.8. The minimum absolute atomic E-state index is 0.0478. The molecule has 3 rings (SSSR count). The Kier molecular flexibility index (Phi) is 5.46. The van der Waals surface area contributed by atoms with Crippen molar-refractivity contribution in [2.45, 2.75) is 6.54 Å². The van der Waals surface area contributed by atoms with E-state index in [0.29, 0.717) is 26.9 Å². The van der Waals surface area contributed by atoms with Crippen LogP contribution in [0.1, 0.15) is 11.1 Å². The Balaban J connectivity index is 1.83. The number of rotatable bonds is 4. The average molecular weight is 410 g/mol. The number of aromatic hydroxyl groups is 1. The summed E-state index contributed by atoms with van der Waals surface area (Å²) in [4.78, 5) is 26.2. The molecule has 8 heteroatoms. The lowest BCUT2D eigenvalue weighted by Crippen LogP contribution is -2.27. The van der Waals surface area contributed by atoms with Gasteiger partial charge < -0.3 is 9.84 Å². The zero-order valence-corrected chi connectivity index (χ0v) is 15.9. The van der Waals surface area contributed by atoms with Crippen molar-refractivity contribution in [3.8, 4) is 11.5 Å². The summed E-state index contributed by atoms with van der Waals surface area (Å²) in [6.45, 7) is 0.0614. The molecule has 2 aromatic rings. The molecule has 0 radical (unpaired) electrons. The van der Waals surface area contributed by atoms with Crippen LogP contribution in [0.2, 0.25) is 10.0 Å². The Morgan fingerprint density at radius 2 is 1.96 bits per heavy atom. The molecule has 134 valence electrons. The van der Waals surface area contributed by atoms with Gasteiger partial charge in [-0.25, -0.2) is 0 Å². The van der Waals surface area contributed by atoms with E-state index >= 15 is 0 Å². The van der Waals surface area contributed by atoms with Gasteiger partial charge in [-0.05, 0) is 53.2 Å². The van der Waals surface area contributed by atoms with Crippen molar-refractivity contribution >= 4 is 52.2 Å². The Morgan fingerprint density at radius 1 is 1.19 bits per heavy atom. The van der Waals surface area contributed by atoms with E-state index in [1.807, 2.05) is 0 Å². The number of halogens is 2. The van der Waals surface area contributed by atoms with Gasteiger partial charge in [0.2, 0.25) is 0 Å². The number of thioether (sulfide) groups is 1. The summed E-state index contributed by atoms with van der Waals surface area (Å²) in [5, 5.41) is 10.3. The van der Waals surface area contributed by atoms with E-state index in [1.54, 1.807) is 36.4 Å². The monoisotopic (exact) mass is 409 g/mol. The van der Waals surface area contributed by atoms with Crippen LogP contribution in [0.4, 0.5) is 4.79 Å². The summed E-state index contributed by atoms with van der Waals surface area (Å²) in [5.41, 5.74) is 1.21. The first-order valence-electron chi connectivity index (χ1n) is 7.45. The molecule has 0 saturated carbocycles. The third-order valence-corrected chi connectivity index (χ3v) is 5.21. The van der Waals surface area contributed by atoms with E-state index in [2.05, 4.69) is 0 Å². The fraction of sp³-hybridized carbons (Fsp3) is 0.111. The van der Waals surface area contributed by atoms with Gasteiger partial charge in [0.25, 0.3) is 11.1 Å². The number of ether oxygens (including phenoxy) is 1. The molecule has 0 aliphatic carbocycles. The molecule has 1 heterocycles. The molecule has 0 unspecified atom stereocenters. The second kappa shape index (κ2) is 7.61. The predicted molar refractivity (Wildman–Crippen MR) is 103 cm³/mol. The Bertz CT molecular complexity index is 929. The predicted octanol–water partition coefficient (Wildman–Crippen LogP) is 4.94. The molecule has 2 amide bonds. The minimum atomic E-state index is -0.415. The summed E-state index contributed by atoms with van der Waals surface area (Å²) in [6, 6.07) is 9.62. The number of nitrogens with zero attached hydrogens (tertiary/aromatic N) is 1. The number of phenols is 1. The van der Waals surface area contributed by atoms with Crippen molar-refractivity contribution < 1.29 is 19.4 Å². The number of benzene rings is 2. The van der Waals surface area contributed by atoms with Gasteiger partial charge in [-0.2, -0.15) is 0 Å². The second-order valence-corrected chi connectivity index (χ2v) is 7.27. The van der Waals surface area contributed by atoms with Gasteiger partial charge in [0.15, 0.2) is 11.5 Å². The molecular formula is C18H13Cl2NO4S. The van der Waals surface area contributed by atoms with Gasteiger partial charge in [0.1, 0.15) is 0 Å². The molecule has 1 aliphatic rings. The van der Waals surface area contributed by atoms with Crippen molar-refractivity contribution in [1.82, 2.24) is 4.90 Å². The molecule has 0 bridgehead atoms. The summed E-state index contributed by atoms with van der Waals surface area (Å²) in [5.74, 6) is -0.137. The highest BCUT2D eigenvalue weighted by Crippen LogP contribution is 2.35. The van der Waals surface area contributed by atoms with Crippen LogP contribution in [0.3, 0.4) is 0 Å². The molecule has 1 N–H and O–H groups in total. The van der Waals surface area contributed by atoms with Crippen molar-refractivity contribution in [2.24, 2.45) is 0 Å². The molecular weight excluding hydrogens is 397 g/mol. The van der Waals surface area contributed by atoms with E-state index in [9.17, 15) is 14.7 Å². The topological polar surface area (TPSA) is 66.8 Å². The Labute approximate surface area is 164 Å². The first kappa shape index (κ1) is 18.6. The van der Waals surface area contributed by atoms with Gasteiger partial charge >= 0.3 is 0 Å². The van der Waals surface area contributed by atoms with Crippen LogP contribution >= 0.6 is 35.0 Å². The van der Waals surface area contributed by atoms with Crippen LogP contribution in [0.5, 0.6) is 11.5 Å². The standard InChI is InChI=1S/C18H13Cl2NO4S/c1-25-15-5-2-10(6-14(15)22)7-16-17(23)21(18(24)26-16)9-11-3-4-12(19)8-13(11)20/h2-8,22H,9H2,1H3/b16-7-. The fourth-order valence-electron chi connectivity index (χ4n) is 2.40. The SMILES string of the molecule is COc1ccc(/C=C2\SC(=O)N(Cc3ccc(Cl)cc3Cl)C2=O)cc1O. The molecule has 0 aromatic heterocycles. The first-order chi connectivity index (χ1) is 12.4. The maximum atomic E-state index is 12.6. The number of carbonyl (C=O) groups excluding carboxylic acids is 2. The van der Waals surface area contributed by atoms with E-state index in [1.165, 1.54) is 13.2 Å². The fourth-order valence-corrected chi connectivity index (χ4v) is 3.71. The molecule has 1 saturated heterocycles. The largest absolute Gasteiger partial charge is 0.504 e. The van der Waals surface area contributed by atoms with E-state index in [-0.39, 0.29) is 22.4 Å². The van der Waals surface area contributed by atoms with E-state index in [4.69, 9.17) is 27.9 Å². The number of hydrogen-bond donors (Lipinski definition) is 1. The quantitative estimate of drug-likeness (QED) is 0.723. The summed E-state index contributed by atoms with van der Waals surface area (Å²) in [7, 11) is 1.45. The van der Waals surface area contributed by atoms with Crippen LogP contribution in [-0.2, 0) is 11.3 Å². The lowest BCUT2D eigenvalue weighted by atomic mass is 10.1. The number of methoxy groups -OCH3 is 1. The van der Waals surface area contributed by atoms with Crippen LogP contribution in [0, 0.1) is 0 Å². The minimum Gasteiger partial charge on any atom is -0.504 e. The molecule has 1 fully saturated rings. The van der Waals surface area contributed by atoms with Crippen molar-refractivity contribution in [3.05, 3.63) is 62.5 Å². The molecule has 0 atom stereocenters. The number of phenolic OH excluding ortho intramolecular Hbond substituents is 1. The number of imide groups is 1. The van der Waals surface area contributed by atoms with Crippen LogP contribution in [0.15, 0.2) is 41.3 Å². The summed E-state index contributed by atoms with van der Waals surface area (Å²) >= 11 is 12.8. The maximum Gasteiger partial charge on any atom is 0.293 e. The Hall–Kier alpha value is -2.15. The lowest BCUT2D eigenvalue weighted by Gasteiger charge is -2.13. The normalized spacial score (nSPS) is 15.8. The highest BCUT2D eigenvalue weighted by molar-refractivity contribution is 8.18. The van der Waals surface area contributed by atoms with Crippen LogP contribution in [-0.4, -0.2) is 28.3 Å². The highest BCUT2D eigenvalue weighted by Gasteiger charge is 2.35. The number of carbonyl (C=O) groups is 2.